The molecule has 0 saturated heterocycles. The van der Waals surface area contributed by atoms with E-state index in [4.69, 9.17) is 20.2 Å². The number of benzene rings is 1. The molecule has 1 atom stereocenters. The third-order valence-electron chi connectivity index (χ3n) is 2.37. The first-order valence-electron chi connectivity index (χ1n) is 5.89. The van der Waals surface area contributed by atoms with E-state index in [9.17, 15) is 22.0 Å². The predicted molar refractivity (Wildman–Crippen MR) is 70.8 cm³/mol. The highest BCUT2D eigenvalue weighted by atomic mass is 35.7. The zero-order valence-electron chi connectivity index (χ0n) is 11.2. The van der Waals surface area contributed by atoms with Crippen molar-refractivity contribution >= 4 is 25.7 Å². The van der Waals surface area contributed by atoms with E-state index < -0.39 is 43.2 Å². The monoisotopic (exact) mass is 342 g/mol. The molecule has 1 rings (SSSR count). The fourth-order valence-electron chi connectivity index (χ4n) is 1.42. The lowest BCUT2D eigenvalue weighted by Gasteiger charge is -2.13. The summed E-state index contributed by atoms with van der Waals surface area (Å²) in [6, 6.07) is 1.01. The molecular weight excluding hydrogens is 330 g/mol. The molecule has 1 unspecified atom stereocenters. The first-order valence-corrected chi connectivity index (χ1v) is 8.20. The molecule has 0 aliphatic heterocycles. The van der Waals surface area contributed by atoms with Crippen molar-refractivity contribution in [2.45, 2.75) is 24.8 Å². The van der Waals surface area contributed by atoms with E-state index in [1.807, 2.05) is 0 Å². The summed E-state index contributed by atoms with van der Waals surface area (Å²) in [5, 5.41) is 0. The van der Waals surface area contributed by atoms with Crippen molar-refractivity contribution in [3.05, 3.63) is 29.3 Å². The third-order valence-corrected chi connectivity index (χ3v) is 3.70. The van der Waals surface area contributed by atoms with Crippen LogP contribution in [0.3, 0.4) is 0 Å². The minimum Gasteiger partial charge on any atom is -0.457 e. The van der Waals surface area contributed by atoms with E-state index in [1.54, 1.807) is 6.92 Å². The topological polar surface area (TPSA) is 69.7 Å². The Morgan fingerprint density at radius 1 is 1.38 bits per heavy atom. The Balaban J connectivity index is 3.06. The van der Waals surface area contributed by atoms with Crippen LogP contribution in [0.1, 0.15) is 24.2 Å². The number of esters is 1. The fourth-order valence-corrected chi connectivity index (χ4v) is 2.19. The molecule has 1 aromatic rings. The SMILES string of the molecule is CCOCC(C)OC(=O)c1cc(S(=O)(=O)Cl)cc(F)c1F. The molecule has 5 nitrogen and oxygen atoms in total. The Labute approximate surface area is 125 Å². The number of halogens is 3. The van der Waals surface area contributed by atoms with E-state index in [2.05, 4.69) is 0 Å². The van der Waals surface area contributed by atoms with Crippen LogP contribution < -0.4 is 0 Å². The van der Waals surface area contributed by atoms with Gasteiger partial charge in [0.2, 0.25) is 0 Å². The lowest BCUT2D eigenvalue weighted by Crippen LogP contribution is -2.21. The highest BCUT2D eigenvalue weighted by molar-refractivity contribution is 8.13. The molecule has 0 bridgehead atoms. The van der Waals surface area contributed by atoms with Crippen LogP contribution in [0, 0.1) is 11.6 Å². The van der Waals surface area contributed by atoms with Gasteiger partial charge in [-0.05, 0) is 26.0 Å². The molecule has 118 valence electrons. The second-order valence-corrected chi connectivity index (χ2v) is 6.65. The summed E-state index contributed by atoms with van der Waals surface area (Å²) in [5.41, 5.74) is -0.849. The average Bonchev–Trinajstić information content (AvgIpc) is 2.37. The molecule has 0 aromatic heterocycles. The van der Waals surface area contributed by atoms with Crippen LogP contribution >= 0.6 is 10.7 Å². The lowest BCUT2D eigenvalue weighted by molar-refractivity contribution is 0.00390. The summed E-state index contributed by atoms with van der Waals surface area (Å²) < 4.78 is 59.0. The molecule has 0 N–H and O–H groups in total. The molecule has 0 saturated carbocycles. The van der Waals surface area contributed by atoms with Gasteiger partial charge < -0.3 is 9.47 Å². The standard InChI is InChI=1S/C12H13ClF2O5S/c1-3-19-6-7(2)20-12(16)9-4-8(21(13,17)18)5-10(14)11(9)15/h4-5,7H,3,6H2,1-2H3. The number of rotatable bonds is 6. The van der Waals surface area contributed by atoms with Gasteiger partial charge in [-0.3, -0.25) is 0 Å². The summed E-state index contributed by atoms with van der Waals surface area (Å²) in [6.45, 7) is 3.69. The molecule has 0 aliphatic rings. The van der Waals surface area contributed by atoms with Crippen molar-refractivity contribution in [1.82, 2.24) is 0 Å². The molecule has 0 heterocycles. The summed E-state index contributed by atoms with van der Waals surface area (Å²) in [4.78, 5) is 11.0. The largest absolute Gasteiger partial charge is 0.457 e. The van der Waals surface area contributed by atoms with Crippen molar-refractivity contribution in [1.29, 1.82) is 0 Å². The quantitative estimate of drug-likeness (QED) is 0.586. The number of hydrogen-bond donors (Lipinski definition) is 0. The highest BCUT2D eigenvalue weighted by Gasteiger charge is 2.24. The van der Waals surface area contributed by atoms with E-state index in [1.165, 1.54) is 6.92 Å². The normalized spacial score (nSPS) is 13.0. The van der Waals surface area contributed by atoms with Gasteiger partial charge >= 0.3 is 5.97 Å². The van der Waals surface area contributed by atoms with Gasteiger partial charge in [-0.1, -0.05) is 0 Å². The van der Waals surface area contributed by atoms with Gasteiger partial charge in [0, 0.05) is 17.3 Å². The first kappa shape index (κ1) is 17.8. The van der Waals surface area contributed by atoms with Gasteiger partial charge in [-0.2, -0.15) is 0 Å². The number of carbonyl (C=O) groups excluding carboxylic acids is 1. The maximum Gasteiger partial charge on any atom is 0.341 e. The van der Waals surface area contributed by atoms with Gasteiger partial charge in [0.05, 0.1) is 17.1 Å². The number of ether oxygens (including phenoxy) is 2. The van der Waals surface area contributed by atoms with Crippen LogP contribution in [0.2, 0.25) is 0 Å². The van der Waals surface area contributed by atoms with Crippen LogP contribution in [0.15, 0.2) is 17.0 Å². The van der Waals surface area contributed by atoms with E-state index >= 15 is 0 Å². The molecule has 0 amide bonds. The summed E-state index contributed by atoms with van der Waals surface area (Å²) >= 11 is 0. The molecule has 21 heavy (non-hydrogen) atoms. The molecule has 9 heteroatoms. The second kappa shape index (κ2) is 7.15. The van der Waals surface area contributed by atoms with Crippen molar-refractivity contribution in [3.8, 4) is 0 Å². The van der Waals surface area contributed by atoms with Gasteiger partial charge in [0.15, 0.2) is 11.6 Å². The van der Waals surface area contributed by atoms with Crippen LogP contribution in [0.5, 0.6) is 0 Å². The van der Waals surface area contributed by atoms with Crippen LogP contribution in [-0.2, 0) is 18.5 Å². The molecule has 0 aliphatic carbocycles. The van der Waals surface area contributed by atoms with Crippen molar-refractivity contribution < 1.29 is 31.5 Å². The Hall–Kier alpha value is -1.25. The number of carbonyl (C=O) groups is 1. The van der Waals surface area contributed by atoms with Crippen molar-refractivity contribution in [2.24, 2.45) is 0 Å². The minimum atomic E-state index is -4.31. The lowest BCUT2D eigenvalue weighted by atomic mass is 10.2. The Morgan fingerprint density at radius 3 is 2.52 bits per heavy atom. The summed E-state index contributed by atoms with van der Waals surface area (Å²) in [6.07, 6.45) is -0.712. The Kier molecular flexibility index (Phi) is 6.06. The fraction of sp³-hybridized carbons (Fsp3) is 0.417. The Bertz CT molecular complexity index is 633. The van der Waals surface area contributed by atoms with Crippen molar-refractivity contribution in [2.75, 3.05) is 13.2 Å². The van der Waals surface area contributed by atoms with E-state index in [-0.39, 0.29) is 6.61 Å². The van der Waals surface area contributed by atoms with Gasteiger partial charge in [0.25, 0.3) is 9.05 Å². The van der Waals surface area contributed by atoms with Crippen LogP contribution in [0.4, 0.5) is 8.78 Å². The molecule has 1 aromatic carbocycles. The van der Waals surface area contributed by atoms with Crippen LogP contribution in [0.25, 0.3) is 0 Å². The number of hydrogen-bond acceptors (Lipinski definition) is 5. The molecule has 0 radical (unpaired) electrons. The zero-order valence-corrected chi connectivity index (χ0v) is 12.8. The molecular formula is C12H13ClF2O5S. The zero-order chi connectivity index (χ0) is 16.2. The average molecular weight is 343 g/mol. The molecule has 0 spiro atoms. The van der Waals surface area contributed by atoms with E-state index in [0.29, 0.717) is 18.7 Å². The second-order valence-electron chi connectivity index (χ2n) is 4.08. The maximum atomic E-state index is 13.6. The predicted octanol–water partition coefficient (Wildman–Crippen LogP) is 2.47. The first-order chi connectivity index (χ1) is 9.66. The van der Waals surface area contributed by atoms with E-state index in [0.717, 1.165) is 0 Å². The van der Waals surface area contributed by atoms with Gasteiger partial charge in [0.1, 0.15) is 6.10 Å². The van der Waals surface area contributed by atoms with Gasteiger partial charge in [-0.15, -0.1) is 0 Å². The van der Waals surface area contributed by atoms with Crippen LogP contribution in [-0.4, -0.2) is 33.7 Å². The maximum absolute atomic E-state index is 13.6. The third kappa shape index (κ3) is 4.90. The molecule has 0 fully saturated rings. The van der Waals surface area contributed by atoms with Crippen molar-refractivity contribution in [3.63, 3.8) is 0 Å². The smallest absolute Gasteiger partial charge is 0.341 e. The summed E-state index contributed by atoms with van der Waals surface area (Å²) in [5.74, 6) is -4.23. The summed E-state index contributed by atoms with van der Waals surface area (Å²) in [7, 11) is 0.737. The Morgan fingerprint density at radius 2 is 2.00 bits per heavy atom. The van der Waals surface area contributed by atoms with Gasteiger partial charge in [-0.25, -0.2) is 22.0 Å². The highest BCUT2D eigenvalue weighted by Crippen LogP contribution is 2.22. The minimum absolute atomic E-state index is 0.0693.